The Morgan fingerprint density at radius 1 is 1.45 bits per heavy atom. The molecule has 0 amide bonds. The van der Waals surface area contributed by atoms with E-state index in [0.717, 1.165) is 19.4 Å². The molecule has 108 valence electrons. The SMILES string of the molecule is CCCCn1cnc2c(OCC)c(C(=O)O)c(C)nc21. The molecule has 0 atom stereocenters. The van der Waals surface area contributed by atoms with Crippen LogP contribution in [0.4, 0.5) is 0 Å². The number of ether oxygens (including phenoxy) is 1. The summed E-state index contributed by atoms with van der Waals surface area (Å²) < 4.78 is 7.46. The molecule has 1 N–H and O–H groups in total. The third kappa shape index (κ3) is 2.45. The summed E-state index contributed by atoms with van der Waals surface area (Å²) in [6, 6.07) is 0. The van der Waals surface area contributed by atoms with Crippen LogP contribution in [0.15, 0.2) is 6.33 Å². The average molecular weight is 277 g/mol. The Hall–Kier alpha value is -2.11. The van der Waals surface area contributed by atoms with Crippen molar-refractivity contribution >= 4 is 17.1 Å². The third-order valence-corrected chi connectivity index (χ3v) is 3.14. The molecule has 6 heteroatoms. The molecule has 0 spiro atoms. The van der Waals surface area contributed by atoms with Crippen LogP contribution < -0.4 is 4.74 Å². The van der Waals surface area contributed by atoms with Crippen molar-refractivity contribution in [1.82, 2.24) is 14.5 Å². The number of unbranched alkanes of at least 4 members (excludes halogenated alkanes) is 1. The second-order valence-corrected chi connectivity index (χ2v) is 4.60. The molecule has 0 aliphatic rings. The summed E-state index contributed by atoms with van der Waals surface area (Å²) in [5, 5.41) is 9.33. The van der Waals surface area contributed by atoms with Gasteiger partial charge < -0.3 is 14.4 Å². The molecule has 0 saturated carbocycles. The molecular weight excluding hydrogens is 258 g/mol. The molecule has 2 aromatic rings. The van der Waals surface area contributed by atoms with Crippen molar-refractivity contribution < 1.29 is 14.6 Å². The summed E-state index contributed by atoms with van der Waals surface area (Å²) in [5.41, 5.74) is 1.75. The van der Waals surface area contributed by atoms with Crippen LogP contribution in [0.1, 0.15) is 42.7 Å². The van der Waals surface area contributed by atoms with Crippen LogP contribution in [-0.2, 0) is 6.54 Å². The number of carboxylic acids is 1. The largest absolute Gasteiger partial charge is 0.490 e. The summed E-state index contributed by atoms with van der Waals surface area (Å²) in [4.78, 5) is 20.1. The van der Waals surface area contributed by atoms with Crippen molar-refractivity contribution in [2.75, 3.05) is 6.61 Å². The topological polar surface area (TPSA) is 77.2 Å². The van der Waals surface area contributed by atoms with Crippen LogP contribution >= 0.6 is 0 Å². The van der Waals surface area contributed by atoms with E-state index in [1.807, 2.05) is 11.5 Å². The van der Waals surface area contributed by atoms with E-state index in [0.29, 0.717) is 29.2 Å². The molecule has 2 aromatic heterocycles. The Morgan fingerprint density at radius 3 is 2.80 bits per heavy atom. The van der Waals surface area contributed by atoms with Crippen LogP contribution in [0, 0.1) is 6.92 Å². The molecule has 6 nitrogen and oxygen atoms in total. The highest BCUT2D eigenvalue weighted by Crippen LogP contribution is 2.30. The molecule has 0 aromatic carbocycles. The minimum atomic E-state index is -1.04. The molecule has 2 rings (SSSR count). The number of aromatic nitrogens is 3. The van der Waals surface area contributed by atoms with Gasteiger partial charge in [-0.3, -0.25) is 0 Å². The number of nitrogens with zero attached hydrogens (tertiary/aromatic N) is 3. The predicted molar refractivity (Wildman–Crippen MR) is 75.3 cm³/mol. The molecule has 0 aliphatic carbocycles. The van der Waals surface area contributed by atoms with E-state index in [1.165, 1.54) is 0 Å². The van der Waals surface area contributed by atoms with Crippen LogP contribution in [0.5, 0.6) is 5.75 Å². The minimum absolute atomic E-state index is 0.0973. The van der Waals surface area contributed by atoms with Crippen molar-refractivity contribution in [1.29, 1.82) is 0 Å². The summed E-state index contributed by atoms with van der Waals surface area (Å²) in [5.74, 6) is -0.721. The van der Waals surface area contributed by atoms with Crippen LogP contribution in [-0.4, -0.2) is 32.2 Å². The number of pyridine rings is 1. The normalized spacial score (nSPS) is 10.9. The fourth-order valence-corrected chi connectivity index (χ4v) is 2.18. The zero-order valence-electron chi connectivity index (χ0n) is 12.0. The lowest BCUT2D eigenvalue weighted by molar-refractivity contribution is 0.0691. The lowest BCUT2D eigenvalue weighted by Gasteiger charge is -2.11. The molecule has 0 bridgehead atoms. The summed E-state index contributed by atoms with van der Waals surface area (Å²) >= 11 is 0. The van der Waals surface area contributed by atoms with Crippen LogP contribution in [0.3, 0.4) is 0 Å². The van der Waals surface area contributed by atoms with Crippen molar-refractivity contribution in [3.05, 3.63) is 17.6 Å². The van der Waals surface area contributed by atoms with Gasteiger partial charge in [0.25, 0.3) is 0 Å². The first-order chi connectivity index (χ1) is 9.60. The molecule has 0 aliphatic heterocycles. The molecule has 0 saturated heterocycles. The average Bonchev–Trinajstić information content (AvgIpc) is 2.79. The number of hydrogen-bond acceptors (Lipinski definition) is 4. The smallest absolute Gasteiger partial charge is 0.341 e. The summed E-state index contributed by atoms with van der Waals surface area (Å²) in [7, 11) is 0. The first kappa shape index (κ1) is 14.3. The van der Waals surface area contributed by atoms with E-state index in [9.17, 15) is 9.90 Å². The number of fused-ring (bicyclic) bond motifs is 1. The second-order valence-electron chi connectivity index (χ2n) is 4.60. The van der Waals surface area contributed by atoms with Crippen molar-refractivity contribution in [3.8, 4) is 5.75 Å². The van der Waals surface area contributed by atoms with Gasteiger partial charge in [-0.1, -0.05) is 13.3 Å². The van der Waals surface area contributed by atoms with Gasteiger partial charge >= 0.3 is 5.97 Å². The highest BCUT2D eigenvalue weighted by Gasteiger charge is 2.22. The Bertz CT molecular complexity index is 634. The van der Waals surface area contributed by atoms with Gasteiger partial charge in [0.1, 0.15) is 5.56 Å². The van der Waals surface area contributed by atoms with E-state index < -0.39 is 5.97 Å². The standard InChI is InChI=1S/C14H19N3O3/c1-4-6-7-17-8-15-11-12(20-5-2)10(14(18)19)9(3)16-13(11)17/h8H,4-7H2,1-3H3,(H,18,19). The molecule has 2 heterocycles. The van der Waals surface area contributed by atoms with Gasteiger partial charge in [0.05, 0.1) is 18.6 Å². The lowest BCUT2D eigenvalue weighted by atomic mass is 10.1. The van der Waals surface area contributed by atoms with Gasteiger partial charge in [-0.2, -0.15) is 0 Å². The molecular formula is C14H19N3O3. The van der Waals surface area contributed by atoms with E-state index in [2.05, 4.69) is 16.9 Å². The fourth-order valence-electron chi connectivity index (χ4n) is 2.18. The monoisotopic (exact) mass is 277 g/mol. The van der Waals surface area contributed by atoms with Gasteiger partial charge in [-0.05, 0) is 20.3 Å². The number of carbonyl (C=O) groups is 1. The minimum Gasteiger partial charge on any atom is -0.490 e. The maximum absolute atomic E-state index is 11.4. The van der Waals surface area contributed by atoms with E-state index in [-0.39, 0.29) is 5.56 Å². The molecule has 0 unspecified atom stereocenters. The Morgan fingerprint density at radius 2 is 2.20 bits per heavy atom. The quantitative estimate of drug-likeness (QED) is 0.878. The van der Waals surface area contributed by atoms with Crippen molar-refractivity contribution in [2.24, 2.45) is 0 Å². The van der Waals surface area contributed by atoms with Gasteiger partial charge in [0, 0.05) is 6.54 Å². The van der Waals surface area contributed by atoms with Crippen molar-refractivity contribution in [3.63, 3.8) is 0 Å². The Labute approximate surface area is 117 Å². The van der Waals surface area contributed by atoms with Crippen LogP contribution in [0.2, 0.25) is 0 Å². The maximum Gasteiger partial charge on any atom is 0.341 e. The molecule has 20 heavy (non-hydrogen) atoms. The first-order valence-corrected chi connectivity index (χ1v) is 6.81. The fraction of sp³-hybridized carbons (Fsp3) is 0.500. The molecule has 0 radical (unpaired) electrons. The van der Waals surface area contributed by atoms with Gasteiger partial charge in [0.2, 0.25) is 0 Å². The number of aryl methyl sites for hydroxylation is 2. The zero-order valence-corrected chi connectivity index (χ0v) is 12.0. The Kier molecular flexibility index (Phi) is 4.22. The van der Waals surface area contributed by atoms with Crippen LogP contribution in [0.25, 0.3) is 11.2 Å². The number of carboxylic acid groups (broad SMARTS) is 1. The highest BCUT2D eigenvalue weighted by molar-refractivity contribution is 5.98. The van der Waals surface area contributed by atoms with Gasteiger partial charge in [0.15, 0.2) is 16.9 Å². The van der Waals surface area contributed by atoms with Gasteiger partial charge in [-0.25, -0.2) is 14.8 Å². The number of rotatable bonds is 6. The second kappa shape index (κ2) is 5.90. The lowest BCUT2D eigenvalue weighted by Crippen LogP contribution is -2.09. The van der Waals surface area contributed by atoms with Gasteiger partial charge in [-0.15, -0.1) is 0 Å². The zero-order chi connectivity index (χ0) is 14.7. The number of hydrogen-bond donors (Lipinski definition) is 1. The number of aromatic carboxylic acids is 1. The highest BCUT2D eigenvalue weighted by atomic mass is 16.5. The van der Waals surface area contributed by atoms with E-state index in [4.69, 9.17) is 4.74 Å². The Balaban J connectivity index is 2.64. The predicted octanol–water partition coefficient (Wildman–Crippen LogP) is 2.64. The van der Waals surface area contributed by atoms with Crippen molar-refractivity contribution in [2.45, 2.75) is 40.2 Å². The van der Waals surface area contributed by atoms with E-state index >= 15 is 0 Å². The maximum atomic E-state index is 11.4. The first-order valence-electron chi connectivity index (χ1n) is 6.81. The third-order valence-electron chi connectivity index (χ3n) is 3.14. The number of imidazole rings is 1. The molecule has 0 fully saturated rings. The van der Waals surface area contributed by atoms with E-state index in [1.54, 1.807) is 13.3 Å². The summed E-state index contributed by atoms with van der Waals surface area (Å²) in [6.07, 6.45) is 3.79. The summed E-state index contributed by atoms with van der Waals surface area (Å²) in [6.45, 7) is 6.83.